The normalized spacial score (nSPS) is 16.8. The SMILES string of the molecule is COc1ccc(-c2nc([C@H]3CN(C(=O)c4ccccc4F)CCO3)no2)cc1. The Kier molecular flexibility index (Phi) is 5.03. The molecule has 1 atom stereocenters. The number of benzene rings is 2. The first-order valence-electron chi connectivity index (χ1n) is 8.79. The molecule has 3 aromatic rings. The number of nitrogens with zero attached hydrogens (tertiary/aromatic N) is 3. The Morgan fingerprint density at radius 1 is 1.21 bits per heavy atom. The summed E-state index contributed by atoms with van der Waals surface area (Å²) in [7, 11) is 1.59. The molecule has 1 fully saturated rings. The summed E-state index contributed by atoms with van der Waals surface area (Å²) in [6.07, 6.45) is -0.541. The van der Waals surface area contributed by atoms with Crippen LogP contribution in [0.1, 0.15) is 22.3 Å². The zero-order valence-electron chi connectivity index (χ0n) is 15.2. The lowest BCUT2D eigenvalue weighted by atomic mass is 10.1. The average molecular weight is 383 g/mol. The molecular weight excluding hydrogens is 365 g/mol. The van der Waals surface area contributed by atoms with E-state index < -0.39 is 11.9 Å². The van der Waals surface area contributed by atoms with E-state index in [1.807, 2.05) is 12.1 Å². The van der Waals surface area contributed by atoms with Gasteiger partial charge in [-0.25, -0.2) is 4.39 Å². The maximum Gasteiger partial charge on any atom is 0.258 e. The first kappa shape index (κ1) is 18.1. The molecule has 2 aromatic carbocycles. The Morgan fingerprint density at radius 3 is 2.75 bits per heavy atom. The fourth-order valence-electron chi connectivity index (χ4n) is 3.01. The van der Waals surface area contributed by atoms with Crippen molar-refractivity contribution in [2.24, 2.45) is 0 Å². The van der Waals surface area contributed by atoms with E-state index in [1.54, 1.807) is 31.4 Å². The third-order valence-electron chi connectivity index (χ3n) is 4.52. The van der Waals surface area contributed by atoms with Crippen LogP contribution < -0.4 is 4.74 Å². The second-order valence-corrected chi connectivity index (χ2v) is 6.28. The zero-order valence-corrected chi connectivity index (χ0v) is 15.2. The number of halogens is 1. The predicted molar refractivity (Wildman–Crippen MR) is 97.3 cm³/mol. The van der Waals surface area contributed by atoms with Crippen LogP contribution in [0.3, 0.4) is 0 Å². The van der Waals surface area contributed by atoms with Gasteiger partial charge in [0, 0.05) is 12.1 Å². The minimum absolute atomic E-state index is 0.0372. The molecule has 1 aromatic heterocycles. The molecule has 1 saturated heterocycles. The van der Waals surface area contributed by atoms with Gasteiger partial charge in [-0.05, 0) is 36.4 Å². The van der Waals surface area contributed by atoms with Crippen LogP contribution in [-0.4, -0.2) is 47.8 Å². The van der Waals surface area contributed by atoms with Gasteiger partial charge in [-0.2, -0.15) is 4.98 Å². The molecule has 28 heavy (non-hydrogen) atoms. The van der Waals surface area contributed by atoms with Crippen LogP contribution in [0.15, 0.2) is 53.1 Å². The maximum absolute atomic E-state index is 13.9. The van der Waals surface area contributed by atoms with Crippen LogP contribution >= 0.6 is 0 Å². The zero-order chi connectivity index (χ0) is 19.5. The Labute approximate surface area is 160 Å². The van der Waals surface area contributed by atoms with Gasteiger partial charge in [0.1, 0.15) is 17.7 Å². The Hall–Kier alpha value is -3.26. The Balaban J connectivity index is 1.50. The van der Waals surface area contributed by atoms with Crippen molar-refractivity contribution in [2.75, 3.05) is 26.8 Å². The van der Waals surface area contributed by atoms with Gasteiger partial charge >= 0.3 is 0 Å². The first-order chi connectivity index (χ1) is 13.7. The van der Waals surface area contributed by atoms with Gasteiger partial charge in [0.15, 0.2) is 0 Å². The summed E-state index contributed by atoms with van der Waals surface area (Å²) in [5.41, 5.74) is 0.782. The summed E-state index contributed by atoms with van der Waals surface area (Å²) in [4.78, 5) is 18.6. The highest BCUT2D eigenvalue weighted by atomic mass is 19.1. The van der Waals surface area contributed by atoms with Crippen molar-refractivity contribution in [3.8, 4) is 17.2 Å². The first-order valence-corrected chi connectivity index (χ1v) is 8.79. The van der Waals surface area contributed by atoms with Crippen LogP contribution in [0.5, 0.6) is 5.75 Å². The van der Waals surface area contributed by atoms with Crippen molar-refractivity contribution in [2.45, 2.75) is 6.10 Å². The molecule has 0 aliphatic carbocycles. The Morgan fingerprint density at radius 2 is 2.00 bits per heavy atom. The molecule has 1 amide bonds. The number of hydrogen-bond acceptors (Lipinski definition) is 6. The van der Waals surface area contributed by atoms with E-state index in [9.17, 15) is 9.18 Å². The molecule has 7 nitrogen and oxygen atoms in total. The average Bonchev–Trinajstić information content (AvgIpc) is 3.24. The van der Waals surface area contributed by atoms with Gasteiger partial charge in [-0.3, -0.25) is 4.79 Å². The lowest BCUT2D eigenvalue weighted by Crippen LogP contribution is -2.42. The van der Waals surface area contributed by atoms with Crippen LogP contribution in [0, 0.1) is 5.82 Å². The fourth-order valence-corrected chi connectivity index (χ4v) is 3.01. The van der Waals surface area contributed by atoms with Crippen molar-refractivity contribution in [1.82, 2.24) is 15.0 Å². The highest BCUT2D eigenvalue weighted by Gasteiger charge is 2.30. The molecule has 0 spiro atoms. The molecule has 0 N–H and O–H groups in total. The number of morpholine rings is 1. The van der Waals surface area contributed by atoms with Crippen LogP contribution in [0.4, 0.5) is 4.39 Å². The van der Waals surface area contributed by atoms with Crippen LogP contribution in [0.2, 0.25) is 0 Å². The number of carbonyl (C=O) groups is 1. The lowest BCUT2D eigenvalue weighted by molar-refractivity contribution is -0.0277. The maximum atomic E-state index is 13.9. The van der Waals surface area contributed by atoms with Gasteiger partial charge in [0.2, 0.25) is 5.82 Å². The van der Waals surface area contributed by atoms with Crippen molar-refractivity contribution in [3.05, 3.63) is 65.7 Å². The number of carbonyl (C=O) groups excluding carboxylic acids is 1. The minimum Gasteiger partial charge on any atom is -0.497 e. The topological polar surface area (TPSA) is 77.7 Å². The summed E-state index contributed by atoms with van der Waals surface area (Å²) in [6.45, 7) is 0.888. The van der Waals surface area contributed by atoms with E-state index >= 15 is 0 Å². The van der Waals surface area contributed by atoms with E-state index in [-0.39, 0.29) is 18.0 Å². The number of amides is 1. The van der Waals surface area contributed by atoms with Crippen molar-refractivity contribution >= 4 is 5.91 Å². The quantitative estimate of drug-likeness (QED) is 0.689. The number of aromatic nitrogens is 2. The molecule has 8 heteroatoms. The molecule has 0 bridgehead atoms. The molecular formula is C20H18FN3O4. The van der Waals surface area contributed by atoms with Crippen molar-refractivity contribution < 1.29 is 23.2 Å². The molecule has 4 rings (SSSR count). The molecule has 2 heterocycles. The summed E-state index contributed by atoms with van der Waals surface area (Å²) >= 11 is 0. The lowest BCUT2D eigenvalue weighted by Gasteiger charge is -2.31. The fraction of sp³-hybridized carbons (Fsp3) is 0.250. The third-order valence-corrected chi connectivity index (χ3v) is 4.52. The summed E-state index contributed by atoms with van der Waals surface area (Å²) in [6, 6.07) is 13.1. The second-order valence-electron chi connectivity index (χ2n) is 6.28. The molecule has 144 valence electrons. The summed E-state index contributed by atoms with van der Waals surface area (Å²) in [5, 5.41) is 3.99. The molecule has 0 saturated carbocycles. The summed E-state index contributed by atoms with van der Waals surface area (Å²) in [5.74, 6) is 0.485. The van der Waals surface area contributed by atoms with Gasteiger partial charge in [-0.15, -0.1) is 0 Å². The predicted octanol–water partition coefficient (Wildman–Crippen LogP) is 3.10. The second kappa shape index (κ2) is 7.77. The van der Waals surface area contributed by atoms with E-state index in [1.165, 1.54) is 17.0 Å². The van der Waals surface area contributed by atoms with Gasteiger partial charge in [-0.1, -0.05) is 17.3 Å². The van der Waals surface area contributed by atoms with Gasteiger partial charge < -0.3 is 18.9 Å². The number of hydrogen-bond donors (Lipinski definition) is 0. The van der Waals surface area contributed by atoms with Crippen molar-refractivity contribution in [1.29, 1.82) is 0 Å². The molecule has 1 aliphatic rings. The highest BCUT2D eigenvalue weighted by molar-refractivity contribution is 5.94. The minimum atomic E-state index is -0.545. The monoisotopic (exact) mass is 383 g/mol. The van der Waals surface area contributed by atoms with Gasteiger partial charge in [0.25, 0.3) is 11.8 Å². The van der Waals surface area contributed by atoms with E-state index in [0.717, 1.165) is 11.3 Å². The van der Waals surface area contributed by atoms with E-state index in [2.05, 4.69) is 10.1 Å². The summed E-state index contributed by atoms with van der Waals surface area (Å²) < 4.78 is 30.1. The van der Waals surface area contributed by atoms with E-state index in [4.69, 9.17) is 14.0 Å². The largest absolute Gasteiger partial charge is 0.497 e. The standard InChI is InChI=1S/C20H18FN3O4/c1-26-14-8-6-13(7-9-14)19-22-18(23-28-19)17-12-24(10-11-27-17)20(25)15-4-2-3-5-16(15)21/h2-9,17H,10-12H2,1H3/t17-/m1/s1. The molecule has 0 unspecified atom stereocenters. The highest BCUT2D eigenvalue weighted by Crippen LogP contribution is 2.26. The third kappa shape index (κ3) is 3.59. The van der Waals surface area contributed by atoms with Crippen LogP contribution in [0.25, 0.3) is 11.5 Å². The van der Waals surface area contributed by atoms with Crippen LogP contribution in [-0.2, 0) is 4.74 Å². The van der Waals surface area contributed by atoms with Gasteiger partial charge in [0.05, 0.1) is 25.8 Å². The van der Waals surface area contributed by atoms with E-state index in [0.29, 0.717) is 24.9 Å². The smallest absolute Gasteiger partial charge is 0.258 e. The number of methoxy groups -OCH3 is 1. The molecule has 1 aliphatic heterocycles. The van der Waals surface area contributed by atoms with Crippen molar-refractivity contribution in [3.63, 3.8) is 0 Å². The number of ether oxygens (including phenoxy) is 2. The number of rotatable bonds is 4. The molecule has 0 radical (unpaired) electrons. The Bertz CT molecular complexity index is 974.